The minimum absolute atomic E-state index is 0.245. The van der Waals surface area contributed by atoms with Crippen LogP contribution in [0.25, 0.3) is 0 Å². The van der Waals surface area contributed by atoms with Gasteiger partial charge in [-0.25, -0.2) is 0 Å². The number of piperidine rings is 1. The van der Waals surface area contributed by atoms with Gasteiger partial charge in [-0.05, 0) is 43.5 Å². The molecule has 0 radical (unpaired) electrons. The first-order valence-electron chi connectivity index (χ1n) is 7.14. The number of carboxylic acid groups (broad SMARTS) is 1. The lowest BCUT2D eigenvalue weighted by Gasteiger charge is -2.35. The lowest BCUT2D eigenvalue weighted by molar-refractivity contribution is -0.137. The highest BCUT2D eigenvalue weighted by Crippen LogP contribution is 2.23. The zero-order valence-electron chi connectivity index (χ0n) is 11.6. The van der Waals surface area contributed by atoms with Crippen LogP contribution in [0.5, 0.6) is 0 Å². The fourth-order valence-electron chi connectivity index (χ4n) is 2.80. The van der Waals surface area contributed by atoms with E-state index < -0.39 is 5.97 Å². The molecule has 0 spiro atoms. The van der Waals surface area contributed by atoms with E-state index in [-0.39, 0.29) is 6.42 Å². The fraction of sp³-hybridized carbons (Fsp3) is 0.500. The van der Waals surface area contributed by atoms with Crippen LogP contribution in [0.1, 0.15) is 43.2 Å². The molecule has 0 aliphatic carbocycles. The fourth-order valence-corrected chi connectivity index (χ4v) is 2.80. The zero-order chi connectivity index (χ0) is 14.4. The van der Waals surface area contributed by atoms with Crippen LogP contribution in [-0.4, -0.2) is 28.6 Å². The van der Waals surface area contributed by atoms with E-state index in [1.165, 1.54) is 18.4 Å². The molecule has 2 rings (SSSR count). The maximum atomic E-state index is 10.7. The van der Waals surface area contributed by atoms with Gasteiger partial charge in [0.1, 0.15) is 0 Å². The average Bonchev–Trinajstić information content (AvgIpc) is 2.47. The van der Waals surface area contributed by atoms with Gasteiger partial charge in [-0.2, -0.15) is 5.26 Å². The maximum absolute atomic E-state index is 10.7. The summed E-state index contributed by atoms with van der Waals surface area (Å²) in [5.41, 5.74) is 1.86. The van der Waals surface area contributed by atoms with Crippen molar-refractivity contribution in [2.24, 2.45) is 0 Å². The van der Waals surface area contributed by atoms with Crippen LogP contribution in [0, 0.1) is 11.3 Å². The van der Waals surface area contributed by atoms with Crippen molar-refractivity contribution in [3.05, 3.63) is 35.4 Å². The van der Waals surface area contributed by atoms with Crippen molar-refractivity contribution in [3.63, 3.8) is 0 Å². The summed E-state index contributed by atoms with van der Waals surface area (Å²) in [5.74, 6) is -0.714. The van der Waals surface area contributed by atoms with Crippen LogP contribution in [0.3, 0.4) is 0 Å². The van der Waals surface area contributed by atoms with Gasteiger partial charge < -0.3 is 5.11 Å². The Morgan fingerprint density at radius 3 is 2.75 bits per heavy atom. The standard InChI is InChI=1S/C16H20N2O2/c17-11-13-4-6-14(7-5-13)12-18-10-2-1-3-15(18)8-9-16(19)20/h4-7,15H,1-3,8-10,12H2,(H,19,20). The number of carbonyl (C=O) groups is 1. The van der Waals surface area contributed by atoms with Crippen molar-refractivity contribution < 1.29 is 9.90 Å². The largest absolute Gasteiger partial charge is 0.481 e. The van der Waals surface area contributed by atoms with E-state index in [0.29, 0.717) is 11.6 Å². The number of carboxylic acids is 1. The van der Waals surface area contributed by atoms with E-state index in [0.717, 1.165) is 25.9 Å². The molecule has 0 amide bonds. The molecule has 1 aliphatic heterocycles. The molecule has 0 bridgehead atoms. The quantitative estimate of drug-likeness (QED) is 0.895. The summed E-state index contributed by atoms with van der Waals surface area (Å²) in [6.45, 7) is 1.88. The van der Waals surface area contributed by atoms with E-state index in [1.54, 1.807) is 0 Å². The number of benzene rings is 1. The van der Waals surface area contributed by atoms with Crippen LogP contribution < -0.4 is 0 Å². The lowest BCUT2D eigenvalue weighted by Crippen LogP contribution is -2.39. The molecule has 0 saturated carbocycles. The molecule has 1 fully saturated rings. The number of hydrogen-bond acceptors (Lipinski definition) is 3. The molecular weight excluding hydrogens is 252 g/mol. The number of nitrogens with zero attached hydrogens (tertiary/aromatic N) is 2. The number of likely N-dealkylation sites (tertiary alicyclic amines) is 1. The molecule has 1 N–H and O–H groups in total. The van der Waals surface area contributed by atoms with Gasteiger partial charge in [0.05, 0.1) is 11.6 Å². The van der Waals surface area contributed by atoms with Gasteiger partial charge in [0, 0.05) is 19.0 Å². The van der Waals surface area contributed by atoms with Gasteiger partial charge in [0.2, 0.25) is 0 Å². The predicted octanol–water partition coefficient (Wildman–Crippen LogP) is 2.78. The summed E-state index contributed by atoms with van der Waals surface area (Å²) in [6.07, 6.45) is 4.43. The second kappa shape index (κ2) is 7.06. The molecular formula is C16H20N2O2. The molecule has 1 aromatic rings. The number of hydrogen-bond donors (Lipinski definition) is 1. The summed E-state index contributed by atoms with van der Waals surface area (Å²) in [4.78, 5) is 13.1. The summed E-state index contributed by atoms with van der Waals surface area (Å²) in [6, 6.07) is 10.1. The molecule has 20 heavy (non-hydrogen) atoms. The number of aliphatic carboxylic acids is 1. The zero-order valence-corrected chi connectivity index (χ0v) is 11.6. The van der Waals surface area contributed by atoms with E-state index >= 15 is 0 Å². The predicted molar refractivity (Wildman–Crippen MR) is 76.1 cm³/mol. The molecule has 4 heteroatoms. The molecule has 1 aliphatic rings. The Morgan fingerprint density at radius 2 is 2.10 bits per heavy atom. The van der Waals surface area contributed by atoms with Crippen molar-refractivity contribution in [2.45, 2.75) is 44.7 Å². The van der Waals surface area contributed by atoms with E-state index in [4.69, 9.17) is 10.4 Å². The van der Waals surface area contributed by atoms with E-state index in [2.05, 4.69) is 11.0 Å². The van der Waals surface area contributed by atoms with Crippen molar-refractivity contribution in [3.8, 4) is 6.07 Å². The lowest BCUT2D eigenvalue weighted by atomic mass is 9.97. The Kier molecular flexibility index (Phi) is 5.14. The monoisotopic (exact) mass is 272 g/mol. The normalized spacial score (nSPS) is 19.4. The smallest absolute Gasteiger partial charge is 0.303 e. The Labute approximate surface area is 119 Å². The van der Waals surface area contributed by atoms with Crippen LogP contribution in [-0.2, 0) is 11.3 Å². The van der Waals surface area contributed by atoms with Crippen molar-refractivity contribution in [2.75, 3.05) is 6.54 Å². The summed E-state index contributed by atoms with van der Waals surface area (Å²) in [5, 5.41) is 17.6. The SMILES string of the molecule is N#Cc1ccc(CN2CCCCC2CCC(=O)O)cc1. The van der Waals surface area contributed by atoms with E-state index in [9.17, 15) is 4.79 Å². The highest BCUT2D eigenvalue weighted by molar-refractivity contribution is 5.66. The molecule has 1 atom stereocenters. The third kappa shape index (κ3) is 4.07. The Balaban J connectivity index is 1.96. The Morgan fingerprint density at radius 1 is 1.35 bits per heavy atom. The van der Waals surface area contributed by atoms with Crippen LogP contribution in [0.4, 0.5) is 0 Å². The van der Waals surface area contributed by atoms with Gasteiger partial charge in [-0.3, -0.25) is 9.69 Å². The first-order chi connectivity index (χ1) is 9.69. The van der Waals surface area contributed by atoms with Crippen LogP contribution in [0.15, 0.2) is 24.3 Å². The molecule has 1 unspecified atom stereocenters. The molecule has 1 saturated heterocycles. The van der Waals surface area contributed by atoms with Gasteiger partial charge in [-0.1, -0.05) is 18.6 Å². The van der Waals surface area contributed by atoms with Crippen molar-refractivity contribution >= 4 is 5.97 Å². The third-order valence-corrected chi connectivity index (χ3v) is 3.91. The second-order valence-electron chi connectivity index (χ2n) is 5.36. The average molecular weight is 272 g/mol. The third-order valence-electron chi connectivity index (χ3n) is 3.91. The summed E-state index contributed by atoms with van der Waals surface area (Å²) < 4.78 is 0. The van der Waals surface area contributed by atoms with Gasteiger partial charge >= 0.3 is 5.97 Å². The van der Waals surface area contributed by atoms with Gasteiger partial charge in [0.25, 0.3) is 0 Å². The highest BCUT2D eigenvalue weighted by atomic mass is 16.4. The molecule has 4 nitrogen and oxygen atoms in total. The highest BCUT2D eigenvalue weighted by Gasteiger charge is 2.22. The van der Waals surface area contributed by atoms with Crippen LogP contribution in [0.2, 0.25) is 0 Å². The van der Waals surface area contributed by atoms with Crippen molar-refractivity contribution in [1.29, 1.82) is 5.26 Å². The molecule has 1 heterocycles. The molecule has 1 aromatic carbocycles. The van der Waals surface area contributed by atoms with E-state index in [1.807, 2.05) is 24.3 Å². The first-order valence-corrected chi connectivity index (χ1v) is 7.14. The topological polar surface area (TPSA) is 64.3 Å². The van der Waals surface area contributed by atoms with Crippen molar-refractivity contribution in [1.82, 2.24) is 4.90 Å². The molecule has 106 valence electrons. The minimum atomic E-state index is -0.714. The maximum Gasteiger partial charge on any atom is 0.303 e. The minimum Gasteiger partial charge on any atom is -0.481 e. The van der Waals surface area contributed by atoms with Gasteiger partial charge in [0.15, 0.2) is 0 Å². The Hall–Kier alpha value is -1.86. The van der Waals surface area contributed by atoms with Gasteiger partial charge in [-0.15, -0.1) is 0 Å². The first kappa shape index (κ1) is 14.5. The summed E-state index contributed by atoms with van der Waals surface area (Å²) >= 11 is 0. The second-order valence-corrected chi connectivity index (χ2v) is 5.36. The Bertz CT molecular complexity index is 490. The number of nitriles is 1. The molecule has 0 aromatic heterocycles. The summed E-state index contributed by atoms with van der Waals surface area (Å²) in [7, 11) is 0. The number of rotatable bonds is 5. The van der Waals surface area contributed by atoms with Crippen LogP contribution >= 0.6 is 0 Å².